The van der Waals surface area contributed by atoms with Gasteiger partial charge in [0.25, 0.3) is 0 Å². The molecule has 1 aromatic carbocycles. The van der Waals surface area contributed by atoms with Crippen LogP contribution >= 0.6 is 0 Å². The third-order valence-corrected chi connectivity index (χ3v) is 3.54. The Balaban J connectivity index is 1.80. The highest BCUT2D eigenvalue weighted by molar-refractivity contribution is 5.45. The molecule has 1 aliphatic rings. The fourth-order valence-corrected chi connectivity index (χ4v) is 2.53. The lowest BCUT2D eigenvalue weighted by atomic mass is 10.2. The molecular weight excluding hydrogens is 236 g/mol. The maximum atomic E-state index is 5.41. The topological polar surface area (TPSA) is 24.5 Å². The molecule has 106 valence electrons. The first-order chi connectivity index (χ1) is 9.28. The van der Waals surface area contributed by atoms with Crippen LogP contribution in [0, 0.1) is 0 Å². The van der Waals surface area contributed by atoms with Crippen LogP contribution in [0.5, 0.6) is 0 Å². The Hall–Kier alpha value is -1.06. The molecule has 1 atom stereocenters. The molecule has 0 aromatic heterocycles. The second-order valence-corrected chi connectivity index (χ2v) is 5.39. The average Bonchev–Trinajstić information content (AvgIpc) is 2.91. The van der Waals surface area contributed by atoms with E-state index in [-0.39, 0.29) is 0 Å². The predicted molar refractivity (Wildman–Crippen MR) is 80.5 cm³/mol. The lowest BCUT2D eigenvalue weighted by molar-refractivity contribution is 0.141. The minimum atomic E-state index is 0.351. The lowest BCUT2D eigenvalue weighted by Gasteiger charge is -2.17. The van der Waals surface area contributed by atoms with E-state index in [0.717, 1.165) is 19.8 Å². The molecule has 0 amide bonds. The van der Waals surface area contributed by atoms with Crippen molar-refractivity contribution in [2.24, 2.45) is 0 Å². The minimum Gasteiger partial charge on any atom is -0.380 e. The van der Waals surface area contributed by atoms with Gasteiger partial charge in [0.05, 0.1) is 6.61 Å². The summed E-state index contributed by atoms with van der Waals surface area (Å²) in [4.78, 5) is 2.53. The van der Waals surface area contributed by atoms with Crippen LogP contribution < -0.4 is 5.32 Å². The van der Waals surface area contributed by atoms with E-state index >= 15 is 0 Å². The molecule has 3 heteroatoms. The van der Waals surface area contributed by atoms with Crippen molar-refractivity contribution < 1.29 is 4.74 Å². The van der Waals surface area contributed by atoms with E-state index in [4.69, 9.17) is 4.74 Å². The lowest BCUT2D eigenvalue weighted by Crippen LogP contribution is -2.21. The number of hydrogen-bond acceptors (Lipinski definition) is 3. The van der Waals surface area contributed by atoms with Crippen LogP contribution in [-0.2, 0) is 11.3 Å². The Morgan fingerprint density at radius 3 is 2.53 bits per heavy atom. The second kappa shape index (κ2) is 7.51. The van der Waals surface area contributed by atoms with Gasteiger partial charge >= 0.3 is 0 Å². The van der Waals surface area contributed by atoms with Gasteiger partial charge in [-0.2, -0.15) is 0 Å². The van der Waals surface area contributed by atoms with Crippen molar-refractivity contribution in [3.8, 4) is 0 Å². The van der Waals surface area contributed by atoms with Gasteiger partial charge in [-0.15, -0.1) is 0 Å². The number of benzene rings is 1. The summed E-state index contributed by atoms with van der Waals surface area (Å²) in [6.07, 6.45) is 2.71. The van der Waals surface area contributed by atoms with Gasteiger partial charge in [-0.05, 0) is 57.5 Å². The maximum absolute atomic E-state index is 5.41. The van der Waals surface area contributed by atoms with Crippen LogP contribution in [-0.4, -0.2) is 37.2 Å². The van der Waals surface area contributed by atoms with E-state index in [1.54, 1.807) is 0 Å². The zero-order valence-corrected chi connectivity index (χ0v) is 12.2. The van der Waals surface area contributed by atoms with Gasteiger partial charge in [-0.1, -0.05) is 12.1 Å². The van der Waals surface area contributed by atoms with Crippen LogP contribution in [0.4, 0.5) is 5.69 Å². The van der Waals surface area contributed by atoms with Crippen LogP contribution in [0.15, 0.2) is 24.3 Å². The Kier molecular flexibility index (Phi) is 5.67. The Bertz CT molecular complexity index is 358. The number of ether oxygens (including phenoxy) is 1. The monoisotopic (exact) mass is 262 g/mol. The van der Waals surface area contributed by atoms with E-state index < -0.39 is 0 Å². The molecule has 1 unspecified atom stereocenters. The maximum Gasteiger partial charge on any atom is 0.0664 e. The number of hydrogen-bond donors (Lipinski definition) is 1. The molecule has 1 saturated heterocycles. The summed E-state index contributed by atoms with van der Waals surface area (Å²) in [5, 5.41) is 3.46. The van der Waals surface area contributed by atoms with Crippen molar-refractivity contribution in [1.29, 1.82) is 0 Å². The molecular formula is C16H26N2O. The molecule has 0 saturated carbocycles. The standard InChI is InChI=1S/C16H26N2O/c1-3-19-13-14(2)17-16-8-6-15(7-9-16)12-18-10-4-5-11-18/h6-9,14,17H,3-5,10-13H2,1-2H3. The molecule has 2 rings (SSSR count). The van der Waals surface area contributed by atoms with Crippen LogP contribution in [0.1, 0.15) is 32.3 Å². The van der Waals surface area contributed by atoms with Crippen LogP contribution in [0.3, 0.4) is 0 Å². The fourth-order valence-electron chi connectivity index (χ4n) is 2.53. The number of anilines is 1. The Morgan fingerprint density at radius 1 is 1.21 bits per heavy atom. The number of nitrogens with one attached hydrogen (secondary N) is 1. The summed E-state index contributed by atoms with van der Waals surface area (Å²) in [5.41, 5.74) is 2.59. The highest BCUT2D eigenvalue weighted by atomic mass is 16.5. The molecule has 3 nitrogen and oxygen atoms in total. The van der Waals surface area contributed by atoms with Gasteiger partial charge in [0.15, 0.2) is 0 Å². The molecule has 1 heterocycles. The Morgan fingerprint density at radius 2 is 1.89 bits per heavy atom. The summed E-state index contributed by atoms with van der Waals surface area (Å²) >= 11 is 0. The predicted octanol–water partition coefficient (Wildman–Crippen LogP) is 3.12. The normalized spacial score (nSPS) is 17.6. The Labute approximate surface area is 116 Å². The first-order valence-corrected chi connectivity index (χ1v) is 7.43. The van der Waals surface area contributed by atoms with Gasteiger partial charge in [0.2, 0.25) is 0 Å². The molecule has 0 aliphatic carbocycles. The van der Waals surface area contributed by atoms with Gasteiger partial charge in [0, 0.05) is 24.9 Å². The van der Waals surface area contributed by atoms with Gasteiger partial charge in [0.1, 0.15) is 0 Å². The zero-order chi connectivity index (χ0) is 13.5. The van der Waals surface area contributed by atoms with E-state index in [1.165, 1.54) is 37.2 Å². The summed E-state index contributed by atoms with van der Waals surface area (Å²) in [6.45, 7) is 9.31. The van der Waals surface area contributed by atoms with Gasteiger partial charge < -0.3 is 10.1 Å². The SMILES string of the molecule is CCOCC(C)Nc1ccc(CN2CCCC2)cc1. The van der Waals surface area contributed by atoms with E-state index in [9.17, 15) is 0 Å². The van der Waals surface area contributed by atoms with E-state index in [1.807, 2.05) is 6.92 Å². The molecule has 1 aliphatic heterocycles. The highest BCUT2D eigenvalue weighted by Crippen LogP contribution is 2.15. The molecule has 0 spiro atoms. The average molecular weight is 262 g/mol. The van der Waals surface area contributed by atoms with Crippen molar-refractivity contribution in [1.82, 2.24) is 4.90 Å². The highest BCUT2D eigenvalue weighted by Gasteiger charge is 2.11. The van der Waals surface area contributed by atoms with Crippen LogP contribution in [0.2, 0.25) is 0 Å². The fraction of sp³-hybridized carbons (Fsp3) is 0.625. The summed E-state index contributed by atoms with van der Waals surface area (Å²) in [7, 11) is 0. The number of rotatable bonds is 7. The summed E-state index contributed by atoms with van der Waals surface area (Å²) in [5.74, 6) is 0. The smallest absolute Gasteiger partial charge is 0.0664 e. The minimum absolute atomic E-state index is 0.351. The van der Waals surface area contributed by atoms with Crippen molar-refractivity contribution in [2.75, 3.05) is 31.6 Å². The summed E-state index contributed by atoms with van der Waals surface area (Å²) in [6, 6.07) is 9.16. The number of likely N-dealkylation sites (tertiary alicyclic amines) is 1. The summed E-state index contributed by atoms with van der Waals surface area (Å²) < 4.78 is 5.41. The molecule has 1 N–H and O–H groups in total. The van der Waals surface area contributed by atoms with E-state index in [0.29, 0.717) is 6.04 Å². The molecule has 1 aromatic rings. The third kappa shape index (κ3) is 4.84. The largest absolute Gasteiger partial charge is 0.380 e. The zero-order valence-electron chi connectivity index (χ0n) is 12.2. The van der Waals surface area contributed by atoms with Crippen molar-refractivity contribution in [3.05, 3.63) is 29.8 Å². The van der Waals surface area contributed by atoms with Crippen molar-refractivity contribution in [3.63, 3.8) is 0 Å². The van der Waals surface area contributed by atoms with Crippen molar-refractivity contribution >= 4 is 5.69 Å². The number of nitrogens with zero attached hydrogens (tertiary/aromatic N) is 1. The molecule has 1 fully saturated rings. The van der Waals surface area contributed by atoms with Gasteiger partial charge in [-0.25, -0.2) is 0 Å². The quantitative estimate of drug-likeness (QED) is 0.817. The van der Waals surface area contributed by atoms with Gasteiger partial charge in [-0.3, -0.25) is 4.90 Å². The third-order valence-electron chi connectivity index (χ3n) is 3.54. The molecule has 0 bridgehead atoms. The second-order valence-electron chi connectivity index (χ2n) is 5.39. The molecule has 0 radical (unpaired) electrons. The van der Waals surface area contributed by atoms with E-state index in [2.05, 4.69) is 41.4 Å². The first kappa shape index (κ1) is 14.4. The molecule has 19 heavy (non-hydrogen) atoms. The van der Waals surface area contributed by atoms with Crippen LogP contribution in [0.25, 0.3) is 0 Å². The first-order valence-electron chi connectivity index (χ1n) is 7.43. The van der Waals surface area contributed by atoms with Crippen molar-refractivity contribution in [2.45, 2.75) is 39.3 Å².